The third-order valence-corrected chi connectivity index (χ3v) is 2.47. The highest BCUT2D eigenvalue weighted by atomic mass is 16.5. The number of aromatic nitrogens is 4. The van der Waals surface area contributed by atoms with E-state index >= 15 is 0 Å². The molecule has 2 aromatic rings. The zero-order valence-electron chi connectivity index (χ0n) is 10.2. The largest absolute Gasteiger partial charge is 0.341 e. The Bertz CT molecular complexity index is 479. The summed E-state index contributed by atoms with van der Waals surface area (Å²) in [5, 5.41) is 3.58. The summed E-state index contributed by atoms with van der Waals surface area (Å²) in [6.45, 7) is 7.80. The maximum Gasteiger partial charge on any atom is 0.276 e. The van der Waals surface area contributed by atoms with Crippen molar-refractivity contribution in [1.82, 2.24) is 20.1 Å². The van der Waals surface area contributed by atoms with Gasteiger partial charge in [0.1, 0.15) is 5.69 Å². The quantitative estimate of drug-likeness (QED) is 0.800. The monoisotopic (exact) mass is 233 g/mol. The van der Waals surface area contributed by atoms with Gasteiger partial charge in [0.05, 0.1) is 0 Å². The SMILES string of the molecule is CCN(CC)c1nc(C)cc(-c2ncno2)n1. The van der Waals surface area contributed by atoms with Crippen molar-refractivity contribution in [2.75, 3.05) is 18.0 Å². The van der Waals surface area contributed by atoms with Crippen LogP contribution in [0.1, 0.15) is 19.5 Å². The summed E-state index contributed by atoms with van der Waals surface area (Å²) in [5.41, 5.74) is 1.55. The van der Waals surface area contributed by atoms with Crippen LogP contribution in [0.3, 0.4) is 0 Å². The molecule has 90 valence electrons. The molecule has 0 radical (unpaired) electrons. The molecule has 0 bridgehead atoms. The van der Waals surface area contributed by atoms with E-state index in [2.05, 4.69) is 38.9 Å². The number of rotatable bonds is 4. The predicted molar refractivity (Wildman–Crippen MR) is 63.6 cm³/mol. The van der Waals surface area contributed by atoms with Crippen LogP contribution in [-0.2, 0) is 0 Å². The van der Waals surface area contributed by atoms with Gasteiger partial charge in [0.2, 0.25) is 5.95 Å². The summed E-state index contributed by atoms with van der Waals surface area (Å²) in [7, 11) is 0. The van der Waals surface area contributed by atoms with Crippen LogP contribution in [-0.4, -0.2) is 33.2 Å². The van der Waals surface area contributed by atoms with Crippen molar-refractivity contribution in [2.24, 2.45) is 0 Å². The van der Waals surface area contributed by atoms with Crippen LogP contribution < -0.4 is 4.90 Å². The van der Waals surface area contributed by atoms with E-state index < -0.39 is 0 Å². The Kier molecular flexibility index (Phi) is 3.32. The molecule has 0 fully saturated rings. The molecule has 2 aromatic heterocycles. The topological polar surface area (TPSA) is 67.9 Å². The molecule has 0 aliphatic heterocycles. The molecule has 0 atom stereocenters. The number of anilines is 1. The van der Waals surface area contributed by atoms with E-state index in [4.69, 9.17) is 4.52 Å². The Balaban J connectivity index is 2.42. The second-order valence-corrected chi connectivity index (χ2v) is 3.61. The average molecular weight is 233 g/mol. The molecular formula is C11H15N5O. The van der Waals surface area contributed by atoms with E-state index in [1.165, 1.54) is 6.33 Å². The Hall–Kier alpha value is -1.98. The molecule has 0 saturated carbocycles. The molecule has 0 aromatic carbocycles. The summed E-state index contributed by atoms with van der Waals surface area (Å²) in [6.07, 6.45) is 1.36. The van der Waals surface area contributed by atoms with Gasteiger partial charge in [-0.1, -0.05) is 5.16 Å². The van der Waals surface area contributed by atoms with Crippen molar-refractivity contribution in [3.8, 4) is 11.6 Å². The molecule has 0 unspecified atom stereocenters. The van der Waals surface area contributed by atoms with Crippen LogP contribution in [0.2, 0.25) is 0 Å². The van der Waals surface area contributed by atoms with Crippen molar-refractivity contribution in [2.45, 2.75) is 20.8 Å². The molecule has 17 heavy (non-hydrogen) atoms. The summed E-state index contributed by atoms with van der Waals surface area (Å²) in [4.78, 5) is 14.9. The average Bonchev–Trinajstić information content (AvgIpc) is 2.83. The van der Waals surface area contributed by atoms with Gasteiger partial charge in [-0.15, -0.1) is 0 Å². The van der Waals surface area contributed by atoms with Gasteiger partial charge in [0.15, 0.2) is 6.33 Å². The highest BCUT2D eigenvalue weighted by molar-refractivity contribution is 5.50. The standard InChI is InChI=1S/C11H15N5O/c1-4-16(5-2)11-14-8(3)6-9(15-11)10-12-7-13-17-10/h6-7H,4-5H2,1-3H3. The number of hydrogen-bond donors (Lipinski definition) is 0. The highest BCUT2D eigenvalue weighted by Gasteiger charge is 2.12. The Labute approximate surface area is 99.7 Å². The Morgan fingerprint density at radius 1 is 1.24 bits per heavy atom. The summed E-state index contributed by atoms with van der Waals surface area (Å²) in [5.74, 6) is 1.12. The van der Waals surface area contributed by atoms with Crippen molar-refractivity contribution >= 4 is 5.95 Å². The summed E-state index contributed by atoms with van der Waals surface area (Å²) < 4.78 is 5.01. The molecule has 0 N–H and O–H groups in total. The van der Waals surface area contributed by atoms with Gasteiger partial charge in [0.25, 0.3) is 5.89 Å². The minimum Gasteiger partial charge on any atom is -0.341 e. The van der Waals surface area contributed by atoms with Crippen LogP contribution in [0, 0.1) is 6.92 Å². The lowest BCUT2D eigenvalue weighted by atomic mass is 10.3. The van der Waals surface area contributed by atoms with Gasteiger partial charge in [-0.2, -0.15) is 4.98 Å². The van der Waals surface area contributed by atoms with Gasteiger partial charge in [-0.05, 0) is 26.8 Å². The first-order chi connectivity index (χ1) is 8.24. The molecule has 6 nitrogen and oxygen atoms in total. The summed E-state index contributed by atoms with van der Waals surface area (Å²) >= 11 is 0. The van der Waals surface area contributed by atoms with Crippen molar-refractivity contribution in [1.29, 1.82) is 0 Å². The van der Waals surface area contributed by atoms with E-state index in [0.29, 0.717) is 17.5 Å². The van der Waals surface area contributed by atoms with Crippen molar-refractivity contribution in [3.05, 3.63) is 18.1 Å². The molecule has 0 aliphatic carbocycles. The number of hydrogen-bond acceptors (Lipinski definition) is 6. The Morgan fingerprint density at radius 3 is 2.59 bits per heavy atom. The number of nitrogens with zero attached hydrogens (tertiary/aromatic N) is 5. The molecule has 0 aliphatic rings. The maximum absolute atomic E-state index is 5.01. The molecule has 2 heterocycles. The molecular weight excluding hydrogens is 218 g/mol. The smallest absolute Gasteiger partial charge is 0.276 e. The minimum absolute atomic E-state index is 0.420. The molecule has 0 spiro atoms. The lowest BCUT2D eigenvalue weighted by Crippen LogP contribution is -2.24. The zero-order valence-corrected chi connectivity index (χ0v) is 10.2. The van der Waals surface area contributed by atoms with Crippen LogP contribution in [0.5, 0.6) is 0 Å². The first-order valence-corrected chi connectivity index (χ1v) is 5.62. The van der Waals surface area contributed by atoms with Crippen molar-refractivity contribution in [3.63, 3.8) is 0 Å². The van der Waals surface area contributed by atoms with Gasteiger partial charge in [0, 0.05) is 18.8 Å². The normalized spacial score (nSPS) is 10.5. The fraction of sp³-hybridized carbons (Fsp3) is 0.455. The lowest BCUT2D eigenvalue weighted by Gasteiger charge is -2.18. The van der Waals surface area contributed by atoms with Crippen LogP contribution in [0.4, 0.5) is 5.95 Å². The second kappa shape index (κ2) is 4.90. The fourth-order valence-corrected chi connectivity index (χ4v) is 1.60. The molecule has 2 rings (SSSR count). The number of aryl methyl sites for hydroxylation is 1. The van der Waals surface area contributed by atoms with E-state index in [9.17, 15) is 0 Å². The Morgan fingerprint density at radius 2 is 2.00 bits per heavy atom. The molecule has 0 amide bonds. The van der Waals surface area contributed by atoms with E-state index in [1.54, 1.807) is 0 Å². The van der Waals surface area contributed by atoms with Crippen LogP contribution in [0.25, 0.3) is 11.6 Å². The van der Waals surface area contributed by atoms with Crippen molar-refractivity contribution < 1.29 is 4.52 Å². The summed E-state index contributed by atoms with van der Waals surface area (Å²) in [6, 6.07) is 1.83. The lowest BCUT2D eigenvalue weighted by molar-refractivity contribution is 0.428. The zero-order chi connectivity index (χ0) is 12.3. The minimum atomic E-state index is 0.420. The van der Waals surface area contributed by atoms with E-state index in [-0.39, 0.29) is 0 Å². The van der Waals surface area contributed by atoms with Gasteiger partial charge >= 0.3 is 0 Å². The second-order valence-electron chi connectivity index (χ2n) is 3.61. The first-order valence-electron chi connectivity index (χ1n) is 5.62. The molecule has 0 saturated heterocycles. The van der Waals surface area contributed by atoms with Gasteiger partial charge in [-0.25, -0.2) is 9.97 Å². The third-order valence-electron chi connectivity index (χ3n) is 2.47. The first kappa shape index (κ1) is 11.5. The van der Waals surface area contributed by atoms with E-state index in [1.807, 2.05) is 13.0 Å². The van der Waals surface area contributed by atoms with Gasteiger partial charge in [-0.3, -0.25) is 0 Å². The van der Waals surface area contributed by atoms with Crippen LogP contribution in [0.15, 0.2) is 16.9 Å². The molecule has 6 heteroatoms. The third kappa shape index (κ3) is 2.41. The van der Waals surface area contributed by atoms with Crippen LogP contribution >= 0.6 is 0 Å². The predicted octanol–water partition coefficient (Wildman–Crippen LogP) is 1.68. The maximum atomic E-state index is 5.01. The van der Waals surface area contributed by atoms with E-state index in [0.717, 1.165) is 18.8 Å². The fourth-order valence-electron chi connectivity index (χ4n) is 1.60. The van der Waals surface area contributed by atoms with Gasteiger partial charge < -0.3 is 9.42 Å². The highest BCUT2D eigenvalue weighted by Crippen LogP contribution is 2.17.